The summed E-state index contributed by atoms with van der Waals surface area (Å²) in [5.74, 6) is -0.378. The Bertz CT molecular complexity index is 840. The number of aryl methyl sites for hydroxylation is 1. The van der Waals surface area contributed by atoms with E-state index in [-0.39, 0.29) is 11.5 Å². The number of nitriles is 1. The zero-order valence-electron chi connectivity index (χ0n) is 15.0. The first kappa shape index (κ1) is 17.8. The van der Waals surface area contributed by atoms with E-state index in [4.69, 9.17) is 0 Å². The van der Waals surface area contributed by atoms with Crippen molar-refractivity contribution in [3.8, 4) is 6.07 Å². The highest BCUT2D eigenvalue weighted by molar-refractivity contribution is 6.10. The van der Waals surface area contributed by atoms with Crippen molar-refractivity contribution >= 4 is 23.4 Å². The molecule has 1 N–H and O–H groups in total. The first-order valence-electron chi connectivity index (χ1n) is 9.07. The number of rotatable bonds is 5. The minimum atomic E-state index is -0.378. The molecule has 26 heavy (non-hydrogen) atoms. The average Bonchev–Trinajstić information content (AvgIpc) is 3.21. The van der Waals surface area contributed by atoms with Crippen molar-refractivity contribution in [1.82, 2.24) is 0 Å². The van der Waals surface area contributed by atoms with Crippen molar-refractivity contribution in [3.05, 3.63) is 65.2 Å². The normalized spacial score (nSPS) is 14.2. The lowest BCUT2D eigenvalue weighted by Gasteiger charge is -2.17. The molecule has 1 amide bonds. The number of para-hydroxylation sites is 1. The topological polar surface area (TPSA) is 56.1 Å². The Morgan fingerprint density at radius 1 is 1.15 bits per heavy atom. The molecule has 2 aromatic rings. The molecular weight excluding hydrogens is 322 g/mol. The fourth-order valence-electron chi connectivity index (χ4n) is 3.21. The fraction of sp³-hybridized carbons (Fsp3) is 0.273. The molecule has 4 heteroatoms. The highest BCUT2D eigenvalue weighted by Crippen LogP contribution is 2.22. The highest BCUT2D eigenvalue weighted by Gasteiger charge is 2.13. The van der Waals surface area contributed by atoms with Gasteiger partial charge in [0.25, 0.3) is 5.91 Å². The lowest BCUT2D eigenvalue weighted by Crippen LogP contribution is -2.17. The predicted molar refractivity (Wildman–Crippen MR) is 106 cm³/mol. The summed E-state index contributed by atoms with van der Waals surface area (Å²) in [6, 6.07) is 17.7. The summed E-state index contributed by atoms with van der Waals surface area (Å²) in [7, 11) is 0. The third-order valence-corrected chi connectivity index (χ3v) is 4.69. The van der Waals surface area contributed by atoms with Gasteiger partial charge in [-0.15, -0.1) is 0 Å². The maximum Gasteiger partial charge on any atom is 0.266 e. The second-order valence-electron chi connectivity index (χ2n) is 6.42. The molecule has 4 nitrogen and oxygen atoms in total. The third-order valence-electron chi connectivity index (χ3n) is 4.69. The smallest absolute Gasteiger partial charge is 0.266 e. The summed E-state index contributed by atoms with van der Waals surface area (Å²) in [4.78, 5) is 14.8. The molecule has 0 radical (unpaired) electrons. The molecule has 2 aromatic carbocycles. The minimum absolute atomic E-state index is 0.102. The van der Waals surface area contributed by atoms with Crippen molar-refractivity contribution in [2.24, 2.45) is 0 Å². The number of carbonyl (C=O) groups excluding carboxylic acids is 1. The van der Waals surface area contributed by atoms with Crippen LogP contribution in [0.15, 0.2) is 54.1 Å². The number of nitrogens with one attached hydrogen (secondary N) is 1. The Balaban J connectivity index is 1.75. The number of nitrogens with zero attached hydrogens (tertiary/aromatic N) is 2. The maximum absolute atomic E-state index is 12.5. The van der Waals surface area contributed by atoms with Crippen molar-refractivity contribution in [2.75, 3.05) is 23.3 Å². The van der Waals surface area contributed by atoms with E-state index in [9.17, 15) is 10.1 Å². The van der Waals surface area contributed by atoms with Gasteiger partial charge in [-0.2, -0.15) is 5.26 Å². The van der Waals surface area contributed by atoms with Crippen molar-refractivity contribution in [1.29, 1.82) is 5.26 Å². The minimum Gasteiger partial charge on any atom is -0.372 e. The van der Waals surface area contributed by atoms with Gasteiger partial charge in [0.15, 0.2) is 0 Å². The van der Waals surface area contributed by atoms with E-state index in [2.05, 4.69) is 22.3 Å². The average molecular weight is 345 g/mol. The second kappa shape index (κ2) is 8.35. The van der Waals surface area contributed by atoms with Crippen LogP contribution in [0.25, 0.3) is 6.08 Å². The van der Waals surface area contributed by atoms with Gasteiger partial charge in [-0.25, -0.2) is 0 Å². The zero-order chi connectivity index (χ0) is 18.4. The molecule has 1 aliphatic rings. The lowest BCUT2D eigenvalue weighted by atomic mass is 10.1. The number of hydrogen-bond acceptors (Lipinski definition) is 3. The molecule has 0 spiro atoms. The van der Waals surface area contributed by atoms with Crippen LogP contribution >= 0.6 is 0 Å². The summed E-state index contributed by atoms with van der Waals surface area (Å²) in [5.41, 5.74) is 3.95. The standard InChI is InChI=1S/C22H23N3O/c1-2-18-7-3-4-8-21(18)24-22(26)19(16-23)15-17-9-11-20(12-10-17)25-13-5-6-14-25/h3-4,7-12,15H,2,5-6,13-14H2,1H3,(H,24,26). The van der Waals surface area contributed by atoms with Crippen LogP contribution in [0.1, 0.15) is 30.9 Å². The van der Waals surface area contributed by atoms with Crippen LogP contribution in [-0.2, 0) is 11.2 Å². The Morgan fingerprint density at radius 3 is 2.50 bits per heavy atom. The molecule has 0 unspecified atom stereocenters. The van der Waals surface area contributed by atoms with Gasteiger partial charge in [-0.05, 0) is 54.7 Å². The van der Waals surface area contributed by atoms with Crippen LogP contribution in [0.5, 0.6) is 0 Å². The SMILES string of the molecule is CCc1ccccc1NC(=O)C(C#N)=Cc1ccc(N2CCCC2)cc1. The van der Waals surface area contributed by atoms with Crippen molar-refractivity contribution in [3.63, 3.8) is 0 Å². The molecule has 1 aliphatic heterocycles. The summed E-state index contributed by atoms with van der Waals surface area (Å²) in [6.45, 7) is 4.23. The van der Waals surface area contributed by atoms with Gasteiger partial charge in [-0.1, -0.05) is 37.3 Å². The molecule has 0 aromatic heterocycles. The molecule has 0 aliphatic carbocycles. The van der Waals surface area contributed by atoms with E-state index in [0.717, 1.165) is 36.3 Å². The van der Waals surface area contributed by atoms with Crippen LogP contribution in [0.4, 0.5) is 11.4 Å². The van der Waals surface area contributed by atoms with Crippen LogP contribution in [0.2, 0.25) is 0 Å². The van der Waals surface area contributed by atoms with Crippen LogP contribution in [0.3, 0.4) is 0 Å². The van der Waals surface area contributed by atoms with Crippen LogP contribution < -0.4 is 10.2 Å². The van der Waals surface area contributed by atoms with Gasteiger partial charge < -0.3 is 10.2 Å². The summed E-state index contributed by atoms with van der Waals surface area (Å²) < 4.78 is 0. The molecule has 132 valence electrons. The van der Waals surface area contributed by atoms with Gasteiger partial charge in [0.1, 0.15) is 11.6 Å². The monoisotopic (exact) mass is 345 g/mol. The van der Waals surface area contributed by atoms with Crippen LogP contribution in [-0.4, -0.2) is 19.0 Å². The molecule has 0 atom stereocenters. The van der Waals surface area contributed by atoms with Gasteiger partial charge in [0.05, 0.1) is 0 Å². The van der Waals surface area contributed by atoms with Gasteiger partial charge in [0, 0.05) is 24.5 Å². The van der Waals surface area contributed by atoms with Crippen molar-refractivity contribution in [2.45, 2.75) is 26.2 Å². The quantitative estimate of drug-likeness (QED) is 0.646. The van der Waals surface area contributed by atoms with Gasteiger partial charge in [-0.3, -0.25) is 4.79 Å². The summed E-state index contributed by atoms with van der Waals surface area (Å²) in [5, 5.41) is 12.3. The number of hydrogen-bond donors (Lipinski definition) is 1. The number of carbonyl (C=O) groups is 1. The molecule has 0 bridgehead atoms. The molecule has 3 rings (SSSR count). The molecule has 1 heterocycles. The molecule has 1 fully saturated rings. The number of anilines is 2. The van der Waals surface area contributed by atoms with E-state index in [1.165, 1.54) is 18.5 Å². The fourth-order valence-corrected chi connectivity index (χ4v) is 3.21. The number of amides is 1. The maximum atomic E-state index is 12.5. The second-order valence-corrected chi connectivity index (χ2v) is 6.42. The van der Waals surface area contributed by atoms with Crippen molar-refractivity contribution < 1.29 is 4.79 Å². The van der Waals surface area contributed by atoms with E-state index >= 15 is 0 Å². The van der Waals surface area contributed by atoms with Crippen LogP contribution in [0, 0.1) is 11.3 Å². The molecular formula is C22H23N3O. The van der Waals surface area contributed by atoms with E-state index in [1.54, 1.807) is 6.08 Å². The third kappa shape index (κ3) is 4.12. The van der Waals surface area contributed by atoms with Gasteiger partial charge in [0.2, 0.25) is 0 Å². The first-order valence-corrected chi connectivity index (χ1v) is 9.07. The Morgan fingerprint density at radius 2 is 1.85 bits per heavy atom. The number of benzene rings is 2. The van der Waals surface area contributed by atoms with E-state index in [0.29, 0.717) is 0 Å². The highest BCUT2D eigenvalue weighted by atomic mass is 16.1. The summed E-state index contributed by atoms with van der Waals surface area (Å²) >= 11 is 0. The Kier molecular flexibility index (Phi) is 5.70. The molecule has 0 saturated carbocycles. The Labute approximate surface area is 154 Å². The Hall–Kier alpha value is -3.06. The first-order chi connectivity index (χ1) is 12.7. The molecule has 1 saturated heterocycles. The zero-order valence-corrected chi connectivity index (χ0v) is 15.0. The summed E-state index contributed by atoms with van der Waals surface area (Å²) in [6.07, 6.45) is 4.93. The van der Waals surface area contributed by atoms with Gasteiger partial charge >= 0.3 is 0 Å². The lowest BCUT2D eigenvalue weighted by molar-refractivity contribution is -0.112. The van der Waals surface area contributed by atoms with E-state index in [1.807, 2.05) is 49.4 Å². The largest absolute Gasteiger partial charge is 0.372 e. The predicted octanol–water partition coefficient (Wildman–Crippen LogP) is 4.39. The van der Waals surface area contributed by atoms with E-state index < -0.39 is 0 Å².